The molecule has 3 aromatic rings. The van der Waals surface area contributed by atoms with E-state index in [-0.39, 0.29) is 18.0 Å². The molecule has 0 unspecified atom stereocenters. The Morgan fingerprint density at radius 1 is 1.26 bits per heavy atom. The summed E-state index contributed by atoms with van der Waals surface area (Å²) in [5.74, 6) is 0.247. The number of nitrogens with zero attached hydrogens (tertiary/aromatic N) is 5. The Morgan fingerprint density at radius 2 is 2.00 bits per heavy atom. The number of hydrogen-bond acceptors (Lipinski definition) is 7. The lowest BCUT2D eigenvalue weighted by Crippen LogP contribution is -2.20. The summed E-state index contributed by atoms with van der Waals surface area (Å²) in [5, 5.41) is 24.9. The van der Waals surface area contributed by atoms with Crippen molar-refractivity contribution >= 4 is 17.3 Å². The van der Waals surface area contributed by atoms with Gasteiger partial charge in [0.15, 0.2) is 5.82 Å². The van der Waals surface area contributed by atoms with Crippen LogP contribution in [0.2, 0.25) is 0 Å². The van der Waals surface area contributed by atoms with Crippen LogP contribution < -0.4 is 10.1 Å². The highest BCUT2D eigenvalue weighted by molar-refractivity contribution is 5.92. The first-order chi connectivity index (χ1) is 13.0. The number of hydrogen-bond donors (Lipinski definition) is 1. The summed E-state index contributed by atoms with van der Waals surface area (Å²) in [6.07, 6.45) is 0. The van der Waals surface area contributed by atoms with E-state index >= 15 is 0 Å². The van der Waals surface area contributed by atoms with E-state index in [4.69, 9.17) is 4.74 Å². The lowest BCUT2D eigenvalue weighted by molar-refractivity contribution is -0.384. The third-order valence-electron chi connectivity index (χ3n) is 3.81. The van der Waals surface area contributed by atoms with Gasteiger partial charge < -0.3 is 10.1 Å². The highest BCUT2D eigenvalue weighted by Gasteiger charge is 2.16. The summed E-state index contributed by atoms with van der Waals surface area (Å²) in [4.78, 5) is 22.7. The molecule has 10 nitrogen and oxygen atoms in total. The SMILES string of the molecule is COc1cc([N+](=O)[O-])ccc1NC(=O)Cn1nnnc1-c1ccc(C)cc1. The normalized spacial score (nSPS) is 10.4. The number of rotatable bonds is 6. The van der Waals surface area contributed by atoms with E-state index in [1.165, 1.54) is 30.0 Å². The molecule has 1 amide bonds. The molecule has 3 rings (SSSR count). The molecule has 10 heteroatoms. The number of ether oxygens (including phenoxy) is 1. The number of aromatic nitrogens is 4. The number of nitro groups is 1. The van der Waals surface area contributed by atoms with Gasteiger partial charge in [0.2, 0.25) is 5.91 Å². The minimum Gasteiger partial charge on any atom is -0.494 e. The summed E-state index contributed by atoms with van der Waals surface area (Å²) in [5.41, 5.74) is 2.07. The minimum atomic E-state index is -0.539. The largest absolute Gasteiger partial charge is 0.494 e. The number of methoxy groups -OCH3 is 1. The summed E-state index contributed by atoms with van der Waals surface area (Å²) in [7, 11) is 1.37. The molecule has 0 atom stereocenters. The Bertz CT molecular complexity index is 983. The molecule has 0 aliphatic carbocycles. The fourth-order valence-corrected chi connectivity index (χ4v) is 2.44. The molecule has 0 aliphatic rings. The molecule has 0 fully saturated rings. The van der Waals surface area contributed by atoms with Gasteiger partial charge in [-0.15, -0.1) is 5.10 Å². The van der Waals surface area contributed by atoms with Crippen LogP contribution in [0.15, 0.2) is 42.5 Å². The Hall–Kier alpha value is -3.82. The maximum absolute atomic E-state index is 12.4. The molecule has 0 saturated heterocycles. The van der Waals surface area contributed by atoms with Crippen molar-refractivity contribution in [1.82, 2.24) is 20.2 Å². The van der Waals surface area contributed by atoms with E-state index in [2.05, 4.69) is 20.8 Å². The predicted molar refractivity (Wildman–Crippen MR) is 96.3 cm³/mol. The van der Waals surface area contributed by atoms with E-state index < -0.39 is 10.8 Å². The Balaban J connectivity index is 1.77. The minimum absolute atomic E-state index is 0.129. The molecular weight excluding hydrogens is 352 g/mol. The van der Waals surface area contributed by atoms with Gasteiger partial charge in [-0.1, -0.05) is 29.8 Å². The molecule has 2 aromatic carbocycles. The average molecular weight is 368 g/mol. The summed E-state index contributed by atoms with van der Waals surface area (Å²) < 4.78 is 6.48. The lowest BCUT2D eigenvalue weighted by atomic mass is 10.1. The van der Waals surface area contributed by atoms with Crippen molar-refractivity contribution in [1.29, 1.82) is 0 Å². The molecular formula is C17H16N6O4. The number of benzene rings is 2. The van der Waals surface area contributed by atoms with Crippen molar-refractivity contribution < 1.29 is 14.5 Å². The van der Waals surface area contributed by atoms with Crippen LogP contribution in [0.3, 0.4) is 0 Å². The summed E-state index contributed by atoms with van der Waals surface area (Å²) in [6, 6.07) is 11.5. The van der Waals surface area contributed by atoms with E-state index in [1.54, 1.807) is 0 Å². The second kappa shape index (κ2) is 7.60. The highest BCUT2D eigenvalue weighted by atomic mass is 16.6. The van der Waals surface area contributed by atoms with Crippen LogP contribution in [0.25, 0.3) is 11.4 Å². The number of amides is 1. The number of aryl methyl sites for hydroxylation is 1. The van der Waals surface area contributed by atoms with Gasteiger partial charge in [-0.25, -0.2) is 4.68 Å². The number of nitrogens with one attached hydrogen (secondary N) is 1. The van der Waals surface area contributed by atoms with Gasteiger partial charge in [-0.2, -0.15) is 0 Å². The van der Waals surface area contributed by atoms with Gasteiger partial charge in [0.1, 0.15) is 12.3 Å². The lowest BCUT2D eigenvalue weighted by Gasteiger charge is -2.10. The van der Waals surface area contributed by atoms with Crippen molar-refractivity contribution in [2.45, 2.75) is 13.5 Å². The van der Waals surface area contributed by atoms with Gasteiger partial charge >= 0.3 is 0 Å². The zero-order valence-electron chi connectivity index (χ0n) is 14.6. The number of carbonyl (C=O) groups is 1. The number of carbonyl (C=O) groups excluding carboxylic acids is 1. The molecule has 1 N–H and O–H groups in total. The van der Waals surface area contributed by atoms with Crippen LogP contribution in [-0.4, -0.2) is 38.1 Å². The molecule has 27 heavy (non-hydrogen) atoms. The quantitative estimate of drug-likeness (QED) is 0.522. The van der Waals surface area contributed by atoms with E-state index in [1.807, 2.05) is 31.2 Å². The zero-order valence-corrected chi connectivity index (χ0v) is 14.6. The van der Waals surface area contributed by atoms with Crippen molar-refractivity contribution in [3.05, 3.63) is 58.1 Å². The van der Waals surface area contributed by atoms with E-state index in [0.717, 1.165) is 11.1 Å². The average Bonchev–Trinajstić information content (AvgIpc) is 3.10. The van der Waals surface area contributed by atoms with Crippen molar-refractivity contribution in [2.24, 2.45) is 0 Å². The second-order valence-corrected chi connectivity index (χ2v) is 5.72. The fraction of sp³-hybridized carbons (Fsp3) is 0.176. The summed E-state index contributed by atoms with van der Waals surface area (Å²) in [6.45, 7) is 1.84. The Kier molecular flexibility index (Phi) is 5.06. The number of anilines is 1. The summed E-state index contributed by atoms with van der Waals surface area (Å²) >= 11 is 0. The monoisotopic (exact) mass is 368 g/mol. The van der Waals surface area contributed by atoms with Crippen LogP contribution in [0.1, 0.15) is 5.56 Å². The number of nitro benzene ring substituents is 1. The van der Waals surface area contributed by atoms with Crippen LogP contribution in [0.5, 0.6) is 5.75 Å². The third kappa shape index (κ3) is 4.06. The maximum Gasteiger partial charge on any atom is 0.273 e. The molecule has 0 radical (unpaired) electrons. The van der Waals surface area contributed by atoms with E-state index in [0.29, 0.717) is 11.5 Å². The van der Waals surface area contributed by atoms with Gasteiger partial charge in [-0.05, 0) is 23.4 Å². The molecule has 0 saturated carbocycles. The molecule has 0 spiro atoms. The van der Waals surface area contributed by atoms with Crippen LogP contribution >= 0.6 is 0 Å². The highest BCUT2D eigenvalue weighted by Crippen LogP contribution is 2.29. The molecule has 1 heterocycles. The Labute approximate surface area is 153 Å². The van der Waals surface area contributed by atoms with Crippen molar-refractivity contribution in [2.75, 3.05) is 12.4 Å². The van der Waals surface area contributed by atoms with Crippen molar-refractivity contribution in [3.63, 3.8) is 0 Å². The zero-order chi connectivity index (χ0) is 19.4. The smallest absolute Gasteiger partial charge is 0.273 e. The van der Waals surface area contributed by atoms with Crippen LogP contribution in [0.4, 0.5) is 11.4 Å². The molecule has 0 aliphatic heterocycles. The second-order valence-electron chi connectivity index (χ2n) is 5.72. The standard InChI is InChI=1S/C17H16N6O4/c1-11-3-5-12(6-4-11)17-19-20-21-22(17)10-16(24)18-14-8-7-13(23(25)26)9-15(14)27-2/h3-9H,10H2,1-2H3,(H,18,24). The van der Waals surface area contributed by atoms with Gasteiger partial charge in [0, 0.05) is 11.6 Å². The van der Waals surface area contributed by atoms with E-state index in [9.17, 15) is 14.9 Å². The molecule has 1 aromatic heterocycles. The molecule has 0 bridgehead atoms. The first kappa shape index (κ1) is 18.0. The number of tetrazole rings is 1. The third-order valence-corrected chi connectivity index (χ3v) is 3.81. The van der Waals surface area contributed by atoms with Gasteiger partial charge in [0.25, 0.3) is 5.69 Å². The first-order valence-corrected chi connectivity index (χ1v) is 7.93. The fourth-order valence-electron chi connectivity index (χ4n) is 2.44. The topological polar surface area (TPSA) is 125 Å². The Morgan fingerprint density at radius 3 is 2.67 bits per heavy atom. The predicted octanol–water partition coefficient (Wildman–Crippen LogP) is 2.20. The first-order valence-electron chi connectivity index (χ1n) is 7.93. The van der Waals surface area contributed by atoms with Crippen LogP contribution in [-0.2, 0) is 11.3 Å². The van der Waals surface area contributed by atoms with Crippen LogP contribution in [0, 0.1) is 17.0 Å². The van der Waals surface area contributed by atoms with Gasteiger partial charge in [-0.3, -0.25) is 14.9 Å². The molecule has 138 valence electrons. The van der Waals surface area contributed by atoms with Crippen molar-refractivity contribution in [3.8, 4) is 17.1 Å². The van der Waals surface area contributed by atoms with Gasteiger partial charge in [0.05, 0.1) is 23.8 Å². The number of non-ortho nitro benzene ring substituents is 1. The maximum atomic E-state index is 12.4.